The monoisotopic (exact) mass is 439 g/mol. The highest BCUT2D eigenvalue weighted by molar-refractivity contribution is 7.80. The minimum Gasteiger partial charge on any atom is -0.480 e. The van der Waals surface area contributed by atoms with E-state index in [1.165, 1.54) is 6.42 Å². The van der Waals surface area contributed by atoms with Gasteiger partial charge in [0.2, 0.25) is 0 Å². The third kappa shape index (κ3) is 13.0. The van der Waals surface area contributed by atoms with E-state index in [4.69, 9.17) is 15.4 Å². The van der Waals surface area contributed by atoms with Crippen LogP contribution in [0.5, 0.6) is 0 Å². The van der Waals surface area contributed by atoms with E-state index in [0.29, 0.717) is 31.5 Å². The lowest BCUT2D eigenvalue weighted by molar-refractivity contribution is -0.149. The molecule has 0 bridgehead atoms. The standard InChI is InChI=1S/C19H37NO8S/c1-2-3-4-9-12-16(22)13-10-7-5-6-8-11-14-17(28-29(25,26)27)19(20,15-21)18(23)24/h17,21H,2-15,20H2,1H3,(H,23,24)(H,25,26,27)/t17-,19-/m0/s1. The molecule has 9 nitrogen and oxygen atoms in total. The van der Waals surface area contributed by atoms with Crippen LogP contribution in [0.3, 0.4) is 0 Å². The Hall–Kier alpha value is -1.07. The molecule has 0 aromatic carbocycles. The van der Waals surface area contributed by atoms with Gasteiger partial charge in [-0.1, -0.05) is 58.3 Å². The van der Waals surface area contributed by atoms with Gasteiger partial charge >= 0.3 is 16.4 Å². The Balaban J connectivity index is 4.10. The van der Waals surface area contributed by atoms with Gasteiger partial charge in [-0.15, -0.1) is 0 Å². The summed E-state index contributed by atoms with van der Waals surface area (Å²) in [5.41, 5.74) is 3.24. The second-order valence-corrected chi connectivity index (χ2v) is 8.57. The van der Waals surface area contributed by atoms with Crippen LogP contribution in [0.15, 0.2) is 0 Å². The Morgan fingerprint density at radius 3 is 1.90 bits per heavy atom. The maximum atomic E-state index is 11.7. The van der Waals surface area contributed by atoms with Gasteiger partial charge in [-0.05, 0) is 19.3 Å². The van der Waals surface area contributed by atoms with Crippen molar-refractivity contribution in [2.75, 3.05) is 6.61 Å². The van der Waals surface area contributed by atoms with E-state index >= 15 is 0 Å². The van der Waals surface area contributed by atoms with Crippen LogP contribution in [0, 0.1) is 0 Å². The molecule has 2 atom stereocenters. The van der Waals surface area contributed by atoms with E-state index in [2.05, 4.69) is 11.1 Å². The summed E-state index contributed by atoms with van der Waals surface area (Å²) in [5.74, 6) is -1.31. The fraction of sp³-hybridized carbons (Fsp3) is 0.895. The van der Waals surface area contributed by atoms with Crippen LogP contribution in [0.1, 0.15) is 90.4 Å². The Bertz CT molecular complexity index is 581. The van der Waals surface area contributed by atoms with E-state index in [1.807, 2.05) is 0 Å². The molecule has 0 rings (SSSR count). The highest BCUT2D eigenvalue weighted by Crippen LogP contribution is 2.21. The molecule has 0 unspecified atom stereocenters. The molecule has 0 aliphatic carbocycles. The van der Waals surface area contributed by atoms with Crippen LogP contribution in [0.4, 0.5) is 0 Å². The minimum atomic E-state index is -4.91. The van der Waals surface area contributed by atoms with Crippen LogP contribution >= 0.6 is 0 Å². The molecule has 0 fully saturated rings. The largest absolute Gasteiger partial charge is 0.480 e. The van der Waals surface area contributed by atoms with Crippen LogP contribution < -0.4 is 5.73 Å². The summed E-state index contributed by atoms with van der Waals surface area (Å²) in [6.45, 7) is 1.10. The molecule has 0 spiro atoms. The number of hydrogen-bond acceptors (Lipinski definition) is 7. The van der Waals surface area contributed by atoms with Crippen molar-refractivity contribution < 1.29 is 37.0 Å². The first-order valence-electron chi connectivity index (χ1n) is 10.4. The van der Waals surface area contributed by atoms with Gasteiger partial charge in [0, 0.05) is 12.8 Å². The zero-order valence-electron chi connectivity index (χ0n) is 17.3. The first kappa shape index (κ1) is 27.9. The number of carboxylic acid groups (broad SMARTS) is 1. The summed E-state index contributed by atoms with van der Waals surface area (Å²) in [7, 11) is -4.91. The third-order valence-electron chi connectivity index (χ3n) is 4.95. The summed E-state index contributed by atoms with van der Waals surface area (Å²) in [5, 5.41) is 18.4. The highest BCUT2D eigenvalue weighted by Gasteiger charge is 2.44. The average Bonchev–Trinajstić information content (AvgIpc) is 2.64. The number of carbonyl (C=O) groups excluding carboxylic acids is 1. The molecule has 172 valence electrons. The Labute approximate surface area is 174 Å². The number of unbranched alkanes of at least 4 members (excludes halogenated alkanes) is 8. The number of aliphatic carboxylic acids is 1. The fourth-order valence-electron chi connectivity index (χ4n) is 3.08. The first-order valence-corrected chi connectivity index (χ1v) is 11.7. The number of nitrogens with two attached hydrogens (primary N) is 1. The molecule has 0 aromatic rings. The lowest BCUT2D eigenvalue weighted by atomic mass is 9.90. The molecular weight excluding hydrogens is 402 g/mol. The second kappa shape index (κ2) is 14.8. The SMILES string of the molecule is CCCCCCC(=O)CCCCCCCC[C@H](OS(=O)(=O)O)[C@@](N)(CO)C(=O)O. The van der Waals surface area contributed by atoms with E-state index in [-0.39, 0.29) is 6.42 Å². The Morgan fingerprint density at radius 2 is 1.45 bits per heavy atom. The molecule has 0 radical (unpaired) electrons. The molecule has 0 aliphatic heterocycles. The smallest absolute Gasteiger partial charge is 0.397 e. The number of carbonyl (C=O) groups is 2. The van der Waals surface area contributed by atoms with Crippen LogP contribution in [-0.2, 0) is 24.2 Å². The van der Waals surface area contributed by atoms with Crippen molar-refractivity contribution in [2.24, 2.45) is 5.73 Å². The topological polar surface area (TPSA) is 164 Å². The van der Waals surface area contributed by atoms with E-state index < -0.39 is 34.6 Å². The number of hydrogen-bond donors (Lipinski definition) is 4. The Kier molecular flexibility index (Phi) is 14.3. The average molecular weight is 440 g/mol. The van der Waals surface area contributed by atoms with Crippen LogP contribution in [-0.4, -0.2) is 53.2 Å². The summed E-state index contributed by atoms with van der Waals surface area (Å²) in [4.78, 5) is 23.0. The summed E-state index contributed by atoms with van der Waals surface area (Å²) in [6, 6.07) is 0. The zero-order valence-corrected chi connectivity index (χ0v) is 18.2. The van der Waals surface area contributed by atoms with E-state index in [9.17, 15) is 23.1 Å². The predicted octanol–water partition coefficient (Wildman–Crippen LogP) is 2.61. The number of aliphatic hydroxyl groups is 1. The van der Waals surface area contributed by atoms with Crippen molar-refractivity contribution in [1.82, 2.24) is 0 Å². The minimum absolute atomic E-state index is 0.0423. The van der Waals surface area contributed by atoms with Gasteiger partial charge in [0.1, 0.15) is 11.9 Å². The number of aliphatic hydroxyl groups excluding tert-OH is 1. The lowest BCUT2D eigenvalue weighted by Crippen LogP contribution is -2.61. The van der Waals surface area contributed by atoms with Gasteiger partial charge < -0.3 is 15.9 Å². The number of carboxylic acids is 1. The molecule has 0 aromatic heterocycles. The van der Waals surface area contributed by atoms with Crippen molar-refractivity contribution in [3.63, 3.8) is 0 Å². The molecule has 0 aliphatic rings. The molecule has 29 heavy (non-hydrogen) atoms. The highest BCUT2D eigenvalue weighted by atomic mass is 32.3. The van der Waals surface area contributed by atoms with Crippen LogP contribution in [0.25, 0.3) is 0 Å². The van der Waals surface area contributed by atoms with Gasteiger partial charge in [0.25, 0.3) is 0 Å². The van der Waals surface area contributed by atoms with Crippen molar-refractivity contribution in [3.05, 3.63) is 0 Å². The number of ketones is 1. The number of rotatable bonds is 19. The summed E-state index contributed by atoms with van der Waals surface area (Å²) >= 11 is 0. The summed E-state index contributed by atoms with van der Waals surface area (Å²) < 4.78 is 35.2. The first-order chi connectivity index (χ1) is 13.6. The van der Waals surface area contributed by atoms with Gasteiger partial charge in [-0.2, -0.15) is 8.42 Å². The lowest BCUT2D eigenvalue weighted by Gasteiger charge is -2.30. The van der Waals surface area contributed by atoms with E-state index in [1.54, 1.807) is 0 Å². The van der Waals surface area contributed by atoms with Crippen LogP contribution in [0.2, 0.25) is 0 Å². The van der Waals surface area contributed by atoms with Crippen molar-refractivity contribution in [2.45, 2.75) is 102 Å². The zero-order chi connectivity index (χ0) is 22.3. The Morgan fingerprint density at radius 1 is 0.966 bits per heavy atom. The van der Waals surface area contributed by atoms with E-state index in [0.717, 1.165) is 44.9 Å². The molecule has 0 saturated carbocycles. The fourth-order valence-corrected chi connectivity index (χ4v) is 3.64. The molecule has 5 N–H and O–H groups in total. The molecule has 0 heterocycles. The predicted molar refractivity (Wildman–Crippen MR) is 109 cm³/mol. The molecule has 0 amide bonds. The summed E-state index contributed by atoms with van der Waals surface area (Å²) in [6.07, 6.45) is 8.61. The molecule has 10 heteroatoms. The number of Topliss-reactive ketones (excluding diaryl/α,β-unsaturated/α-hetero) is 1. The second-order valence-electron chi connectivity index (χ2n) is 7.53. The quantitative estimate of drug-likeness (QED) is 0.175. The maximum Gasteiger partial charge on any atom is 0.397 e. The van der Waals surface area contributed by atoms with Crippen molar-refractivity contribution >= 4 is 22.2 Å². The van der Waals surface area contributed by atoms with Crippen molar-refractivity contribution in [1.29, 1.82) is 0 Å². The molecule has 0 saturated heterocycles. The van der Waals surface area contributed by atoms with Gasteiger partial charge in [0.05, 0.1) is 6.61 Å². The maximum absolute atomic E-state index is 11.7. The molecular formula is C19H37NO8S. The van der Waals surface area contributed by atoms with Gasteiger partial charge in [-0.25, -0.2) is 4.18 Å². The third-order valence-corrected chi connectivity index (χ3v) is 5.43. The van der Waals surface area contributed by atoms with Gasteiger partial charge in [0.15, 0.2) is 5.54 Å². The van der Waals surface area contributed by atoms with Crippen molar-refractivity contribution in [3.8, 4) is 0 Å². The van der Waals surface area contributed by atoms with Gasteiger partial charge in [-0.3, -0.25) is 14.1 Å². The normalized spacial score (nSPS) is 15.0.